The molecular formula is C25H28N8O7. The second kappa shape index (κ2) is 12.2. The predicted molar refractivity (Wildman–Crippen MR) is 140 cm³/mol. The average molecular weight is 556 g/mol. The van der Waals surface area contributed by atoms with E-state index >= 15 is 0 Å². The standard InChI is InChI=1S/C25H28N8O7/c1-12(34)27-18(11-39-13(2)35)22-30-25(40-33-22)15-6-5-7-16(21(15)38-4)28-17-10-19(29-23(36)14-8-9-14)31-32-20(17)24(37)26-3/h5-7,10,14,18H,8-9,11H2,1-4H3,(H,26,37)(H,27,34)(H2,28,29,31,36)/t18-/m0/s1/i3D3. The lowest BCUT2D eigenvalue weighted by atomic mass is 10.1. The first-order valence-corrected chi connectivity index (χ1v) is 12.0. The Kier molecular flexibility index (Phi) is 7.31. The number of hydrogen-bond donors (Lipinski definition) is 4. The molecule has 2 aromatic heterocycles. The maximum atomic E-state index is 12.8. The zero-order valence-corrected chi connectivity index (χ0v) is 21.7. The van der Waals surface area contributed by atoms with Crippen LogP contribution in [0.5, 0.6) is 5.75 Å². The number of methoxy groups -OCH3 is 1. The summed E-state index contributed by atoms with van der Waals surface area (Å²) < 4.78 is 38.2. The number of nitrogens with one attached hydrogen (secondary N) is 4. The lowest BCUT2D eigenvalue weighted by Crippen LogP contribution is -2.31. The first kappa shape index (κ1) is 24.0. The summed E-state index contributed by atoms with van der Waals surface area (Å²) in [7, 11) is 1.37. The summed E-state index contributed by atoms with van der Waals surface area (Å²) in [5.74, 6) is -2.16. The number of anilines is 3. The van der Waals surface area contributed by atoms with Crippen LogP contribution in [0.2, 0.25) is 0 Å². The molecule has 1 fully saturated rings. The van der Waals surface area contributed by atoms with Crippen LogP contribution in [0, 0.1) is 5.92 Å². The number of amides is 3. The summed E-state index contributed by atoms with van der Waals surface area (Å²) in [6.45, 7) is -0.533. The third kappa shape index (κ3) is 6.67. The van der Waals surface area contributed by atoms with Crippen LogP contribution < -0.4 is 26.0 Å². The van der Waals surface area contributed by atoms with E-state index in [-0.39, 0.29) is 58.8 Å². The molecule has 1 saturated carbocycles. The first-order valence-electron chi connectivity index (χ1n) is 13.5. The largest absolute Gasteiger partial charge is 0.494 e. The van der Waals surface area contributed by atoms with E-state index in [1.54, 1.807) is 18.2 Å². The van der Waals surface area contributed by atoms with E-state index < -0.39 is 30.8 Å². The molecule has 4 N–H and O–H groups in total. The maximum Gasteiger partial charge on any atom is 0.302 e. The van der Waals surface area contributed by atoms with Crippen LogP contribution in [-0.4, -0.2) is 64.7 Å². The number of rotatable bonds is 11. The molecule has 40 heavy (non-hydrogen) atoms. The highest BCUT2D eigenvalue weighted by Gasteiger charge is 2.30. The van der Waals surface area contributed by atoms with Gasteiger partial charge in [0.1, 0.15) is 12.6 Å². The summed E-state index contributed by atoms with van der Waals surface area (Å²) in [5.41, 5.74) is 0.222. The number of carbonyl (C=O) groups excluding carboxylic acids is 4. The van der Waals surface area contributed by atoms with E-state index in [1.165, 1.54) is 27.0 Å². The number of hydrogen-bond acceptors (Lipinski definition) is 12. The van der Waals surface area contributed by atoms with Crippen molar-refractivity contribution in [3.05, 3.63) is 35.8 Å². The second-order valence-electron chi connectivity index (χ2n) is 8.73. The predicted octanol–water partition coefficient (Wildman–Crippen LogP) is 1.73. The van der Waals surface area contributed by atoms with Gasteiger partial charge in [-0.15, -0.1) is 10.2 Å². The molecule has 0 radical (unpaired) electrons. The van der Waals surface area contributed by atoms with Crippen LogP contribution in [-0.2, 0) is 19.1 Å². The van der Waals surface area contributed by atoms with Crippen LogP contribution in [0.4, 0.5) is 17.2 Å². The summed E-state index contributed by atoms with van der Waals surface area (Å²) in [6, 6.07) is 5.26. The molecule has 0 saturated heterocycles. The van der Waals surface area contributed by atoms with Gasteiger partial charge in [0.05, 0.1) is 24.0 Å². The Morgan fingerprint density at radius 3 is 2.65 bits per heavy atom. The molecule has 0 spiro atoms. The zero-order chi connectivity index (χ0) is 31.3. The van der Waals surface area contributed by atoms with Gasteiger partial charge in [0.25, 0.3) is 11.8 Å². The molecule has 0 unspecified atom stereocenters. The highest BCUT2D eigenvalue weighted by atomic mass is 16.5. The fraction of sp³-hybridized carbons (Fsp3) is 0.360. The number of aromatic nitrogens is 4. The number of benzene rings is 1. The normalized spacial score (nSPS) is 14.5. The number of carbonyl (C=O) groups is 4. The van der Waals surface area contributed by atoms with Gasteiger partial charge in [-0.1, -0.05) is 11.2 Å². The van der Waals surface area contributed by atoms with E-state index in [2.05, 4.69) is 36.3 Å². The van der Waals surface area contributed by atoms with Crippen molar-refractivity contribution in [2.45, 2.75) is 32.7 Å². The van der Waals surface area contributed by atoms with E-state index in [0.717, 1.165) is 12.8 Å². The van der Waals surface area contributed by atoms with E-state index in [0.29, 0.717) is 5.56 Å². The van der Waals surface area contributed by atoms with Gasteiger partial charge >= 0.3 is 5.97 Å². The topological polar surface area (TPSA) is 200 Å². The fourth-order valence-corrected chi connectivity index (χ4v) is 3.63. The average Bonchev–Trinajstić information content (AvgIpc) is 3.67. The van der Waals surface area contributed by atoms with Gasteiger partial charge in [0, 0.05) is 36.9 Å². The Balaban J connectivity index is 1.68. The molecule has 0 aliphatic heterocycles. The lowest BCUT2D eigenvalue weighted by Gasteiger charge is -2.16. The molecule has 15 heteroatoms. The highest BCUT2D eigenvalue weighted by molar-refractivity contribution is 6.00. The lowest BCUT2D eigenvalue weighted by molar-refractivity contribution is -0.142. The van der Waals surface area contributed by atoms with Crippen molar-refractivity contribution in [1.82, 2.24) is 31.0 Å². The molecule has 1 aromatic carbocycles. The van der Waals surface area contributed by atoms with Crippen molar-refractivity contribution in [2.75, 3.05) is 31.3 Å². The van der Waals surface area contributed by atoms with Gasteiger partial charge in [0.2, 0.25) is 11.8 Å². The first-order chi connectivity index (χ1) is 20.3. The molecule has 3 aromatic rings. The second-order valence-corrected chi connectivity index (χ2v) is 8.73. The molecule has 2 heterocycles. The Morgan fingerprint density at radius 1 is 1.18 bits per heavy atom. The third-order valence-corrected chi connectivity index (χ3v) is 5.63. The summed E-state index contributed by atoms with van der Waals surface area (Å²) in [6.07, 6.45) is 1.50. The van der Waals surface area contributed by atoms with E-state index in [4.69, 9.17) is 18.1 Å². The van der Waals surface area contributed by atoms with Crippen molar-refractivity contribution in [2.24, 2.45) is 5.92 Å². The van der Waals surface area contributed by atoms with Gasteiger partial charge in [-0.3, -0.25) is 19.2 Å². The highest BCUT2D eigenvalue weighted by Crippen LogP contribution is 2.38. The smallest absolute Gasteiger partial charge is 0.302 e. The van der Waals surface area contributed by atoms with Crippen molar-refractivity contribution < 1.29 is 37.3 Å². The molecule has 4 rings (SSSR count). The Hall–Kier alpha value is -5.08. The molecule has 1 aliphatic rings. The minimum Gasteiger partial charge on any atom is -0.494 e. The summed E-state index contributed by atoms with van der Waals surface area (Å²) >= 11 is 0. The van der Waals surface area contributed by atoms with Crippen LogP contribution in [0.25, 0.3) is 11.5 Å². The quantitative estimate of drug-likeness (QED) is 0.250. The van der Waals surface area contributed by atoms with Crippen LogP contribution in [0.15, 0.2) is 28.8 Å². The third-order valence-electron chi connectivity index (χ3n) is 5.63. The molecule has 1 atom stereocenters. The van der Waals surface area contributed by atoms with Crippen LogP contribution >= 0.6 is 0 Å². The monoisotopic (exact) mass is 555 g/mol. The van der Waals surface area contributed by atoms with E-state index in [9.17, 15) is 19.2 Å². The van der Waals surface area contributed by atoms with Crippen molar-refractivity contribution >= 4 is 40.9 Å². The fourth-order valence-electron chi connectivity index (χ4n) is 3.63. The molecular weight excluding hydrogens is 524 g/mol. The summed E-state index contributed by atoms with van der Waals surface area (Å²) in [4.78, 5) is 52.4. The Morgan fingerprint density at radius 2 is 1.98 bits per heavy atom. The molecule has 3 amide bonds. The minimum absolute atomic E-state index is 0.0108. The van der Waals surface area contributed by atoms with Gasteiger partial charge in [0.15, 0.2) is 23.1 Å². The van der Waals surface area contributed by atoms with Crippen LogP contribution in [0.3, 0.4) is 0 Å². The van der Waals surface area contributed by atoms with Gasteiger partial charge in [-0.25, -0.2) is 0 Å². The van der Waals surface area contributed by atoms with E-state index in [1.807, 2.05) is 5.32 Å². The number of ether oxygens (including phenoxy) is 2. The Labute approximate surface area is 232 Å². The van der Waals surface area contributed by atoms with Crippen LogP contribution in [0.1, 0.15) is 53.2 Å². The molecule has 0 bridgehead atoms. The van der Waals surface area contributed by atoms with Crippen molar-refractivity contribution in [3.63, 3.8) is 0 Å². The Bertz CT molecular complexity index is 1540. The number of esters is 1. The van der Waals surface area contributed by atoms with Gasteiger partial charge in [-0.05, 0) is 25.0 Å². The van der Waals surface area contributed by atoms with Crippen molar-refractivity contribution in [1.29, 1.82) is 0 Å². The molecule has 1 aliphatic carbocycles. The number of nitrogens with zero attached hydrogens (tertiary/aromatic N) is 4. The van der Waals surface area contributed by atoms with Crippen molar-refractivity contribution in [3.8, 4) is 17.2 Å². The van der Waals surface area contributed by atoms with Gasteiger partial charge < -0.3 is 35.3 Å². The molecule has 210 valence electrons. The number of para-hydroxylation sites is 1. The molecule has 15 nitrogen and oxygen atoms in total. The maximum absolute atomic E-state index is 12.8. The summed E-state index contributed by atoms with van der Waals surface area (Å²) in [5, 5.41) is 21.7. The minimum atomic E-state index is -2.80. The SMILES string of the molecule is [2H]C([2H])([2H])NC(=O)c1nnc(NC(=O)C2CC2)cc1Nc1cccc(-c2nc([C@H](COC(C)=O)NC(C)=O)no2)c1OC. The van der Waals surface area contributed by atoms with Gasteiger partial charge in [-0.2, -0.15) is 4.98 Å². The zero-order valence-electron chi connectivity index (χ0n) is 24.7.